The maximum Gasteiger partial charge on any atom is 0.317 e. The third-order valence-corrected chi connectivity index (χ3v) is 5.49. The van der Waals surface area contributed by atoms with E-state index in [-0.39, 0.29) is 6.03 Å². The van der Waals surface area contributed by atoms with Gasteiger partial charge in [-0.3, -0.25) is 4.79 Å². The first kappa shape index (κ1) is 16.1. The lowest BCUT2D eigenvalue weighted by Crippen LogP contribution is -2.50. The van der Waals surface area contributed by atoms with Crippen LogP contribution in [0.25, 0.3) is 0 Å². The Morgan fingerprint density at radius 1 is 1.14 bits per heavy atom. The molecule has 2 aliphatic rings. The molecule has 5 heteroatoms. The van der Waals surface area contributed by atoms with Gasteiger partial charge in [-0.05, 0) is 43.9 Å². The highest BCUT2D eigenvalue weighted by atomic mass is 16.4. The molecule has 2 N–H and O–H groups in total. The van der Waals surface area contributed by atoms with E-state index in [1.807, 2.05) is 6.92 Å². The number of carboxylic acids is 1. The van der Waals surface area contributed by atoms with Crippen molar-refractivity contribution in [3.63, 3.8) is 0 Å². The van der Waals surface area contributed by atoms with E-state index in [0.29, 0.717) is 37.8 Å². The number of nitrogens with zero attached hydrogens (tertiary/aromatic N) is 1. The highest BCUT2D eigenvalue weighted by Gasteiger charge is 2.43. The average molecular weight is 296 g/mol. The summed E-state index contributed by atoms with van der Waals surface area (Å²) in [6.45, 7) is 5.97. The van der Waals surface area contributed by atoms with Crippen LogP contribution in [0.15, 0.2) is 0 Å². The molecule has 2 amide bonds. The Labute approximate surface area is 127 Å². The van der Waals surface area contributed by atoms with E-state index in [1.165, 1.54) is 19.3 Å². The van der Waals surface area contributed by atoms with Crippen molar-refractivity contribution in [1.29, 1.82) is 0 Å². The number of carboxylic acid groups (broad SMARTS) is 1. The monoisotopic (exact) mass is 296 g/mol. The van der Waals surface area contributed by atoms with Gasteiger partial charge in [-0.2, -0.15) is 0 Å². The van der Waals surface area contributed by atoms with E-state index in [4.69, 9.17) is 0 Å². The predicted octanol–water partition coefficient (Wildman–Crippen LogP) is 2.85. The molecule has 0 aromatic heterocycles. The van der Waals surface area contributed by atoms with E-state index in [1.54, 1.807) is 4.90 Å². The minimum atomic E-state index is -0.718. The van der Waals surface area contributed by atoms with Crippen LogP contribution in [-0.2, 0) is 4.79 Å². The topological polar surface area (TPSA) is 69.6 Å². The minimum Gasteiger partial charge on any atom is -0.481 e. The highest BCUT2D eigenvalue weighted by molar-refractivity contribution is 5.77. The molecule has 0 aromatic rings. The first-order valence-electron chi connectivity index (χ1n) is 8.23. The molecule has 0 radical (unpaired) electrons. The lowest BCUT2D eigenvalue weighted by Gasteiger charge is -2.38. The second kappa shape index (κ2) is 6.24. The van der Waals surface area contributed by atoms with Gasteiger partial charge < -0.3 is 15.3 Å². The van der Waals surface area contributed by atoms with Crippen LogP contribution in [-0.4, -0.2) is 41.6 Å². The summed E-state index contributed by atoms with van der Waals surface area (Å²) in [6.07, 6.45) is 6.55. The van der Waals surface area contributed by atoms with Crippen molar-refractivity contribution >= 4 is 12.0 Å². The van der Waals surface area contributed by atoms with E-state index >= 15 is 0 Å². The predicted molar refractivity (Wildman–Crippen MR) is 81.1 cm³/mol. The summed E-state index contributed by atoms with van der Waals surface area (Å²) in [5.41, 5.74) is -0.273. The molecule has 2 rings (SSSR count). The zero-order valence-corrected chi connectivity index (χ0v) is 13.3. The summed E-state index contributed by atoms with van der Waals surface area (Å²) in [6, 6.07) is -0.0209. The number of amides is 2. The summed E-state index contributed by atoms with van der Waals surface area (Å²) in [7, 11) is 0. The third-order valence-electron chi connectivity index (χ3n) is 5.49. The molecule has 0 aromatic carbocycles. The van der Waals surface area contributed by atoms with Crippen molar-refractivity contribution in [2.45, 2.75) is 58.8 Å². The van der Waals surface area contributed by atoms with E-state index in [0.717, 1.165) is 13.0 Å². The second-order valence-corrected chi connectivity index (χ2v) is 6.83. The van der Waals surface area contributed by atoms with Crippen molar-refractivity contribution in [2.24, 2.45) is 10.8 Å². The zero-order chi connectivity index (χ0) is 15.5. The molecule has 2 fully saturated rings. The number of nitrogens with one attached hydrogen (secondary N) is 1. The van der Waals surface area contributed by atoms with E-state index < -0.39 is 11.4 Å². The number of carbonyl (C=O) groups excluding carboxylic acids is 1. The SMILES string of the molecule is CCCC1(CNC(=O)N2CCC(CC)(C(=O)O)CC2)CC1. The van der Waals surface area contributed by atoms with Crippen LogP contribution < -0.4 is 5.32 Å². The Morgan fingerprint density at radius 3 is 2.19 bits per heavy atom. The van der Waals surface area contributed by atoms with Crippen LogP contribution in [0.3, 0.4) is 0 Å². The van der Waals surface area contributed by atoms with Gasteiger partial charge in [0, 0.05) is 19.6 Å². The summed E-state index contributed by atoms with van der Waals surface area (Å²) in [4.78, 5) is 25.4. The Hall–Kier alpha value is -1.26. The summed E-state index contributed by atoms with van der Waals surface area (Å²) in [5, 5.41) is 12.4. The fourth-order valence-corrected chi connectivity index (χ4v) is 3.45. The van der Waals surface area contributed by atoms with Crippen LogP contribution in [0.4, 0.5) is 4.79 Å². The first-order valence-corrected chi connectivity index (χ1v) is 8.23. The average Bonchev–Trinajstić information content (AvgIpc) is 3.25. The molecule has 1 aliphatic heterocycles. The molecule has 120 valence electrons. The number of aliphatic carboxylic acids is 1. The standard InChI is InChI=1S/C16H28N2O3/c1-3-5-15(6-7-15)12-17-14(21)18-10-8-16(4-2,9-11-18)13(19)20/h3-12H2,1-2H3,(H,17,21)(H,19,20). The molecule has 0 unspecified atom stereocenters. The molecular formula is C16H28N2O3. The molecule has 0 bridgehead atoms. The molecule has 1 saturated carbocycles. The number of carbonyl (C=O) groups is 2. The third kappa shape index (κ3) is 3.50. The zero-order valence-electron chi connectivity index (χ0n) is 13.3. The lowest BCUT2D eigenvalue weighted by atomic mass is 9.76. The fourth-order valence-electron chi connectivity index (χ4n) is 3.45. The smallest absolute Gasteiger partial charge is 0.317 e. The van der Waals surface area contributed by atoms with Gasteiger partial charge in [0.05, 0.1) is 5.41 Å². The Bertz CT molecular complexity index is 396. The molecule has 0 spiro atoms. The van der Waals surface area contributed by atoms with Crippen molar-refractivity contribution in [3.8, 4) is 0 Å². The largest absolute Gasteiger partial charge is 0.481 e. The molecule has 1 aliphatic carbocycles. The van der Waals surface area contributed by atoms with Crippen LogP contribution >= 0.6 is 0 Å². The van der Waals surface area contributed by atoms with E-state index in [2.05, 4.69) is 12.2 Å². The van der Waals surface area contributed by atoms with Crippen molar-refractivity contribution < 1.29 is 14.7 Å². The number of likely N-dealkylation sites (tertiary alicyclic amines) is 1. The Morgan fingerprint density at radius 2 is 1.76 bits per heavy atom. The van der Waals surface area contributed by atoms with Crippen molar-refractivity contribution in [2.75, 3.05) is 19.6 Å². The fraction of sp³-hybridized carbons (Fsp3) is 0.875. The number of urea groups is 1. The van der Waals surface area contributed by atoms with Gasteiger partial charge >= 0.3 is 12.0 Å². The van der Waals surface area contributed by atoms with Gasteiger partial charge in [-0.1, -0.05) is 20.3 Å². The van der Waals surface area contributed by atoms with Crippen LogP contribution in [0.1, 0.15) is 58.8 Å². The number of hydrogen-bond acceptors (Lipinski definition) is 2. The van der Waals surface area contributed by atoms with Crippen molar-refractivity contribution in [1.82, 2.24) is 10.2 Å². The van der Waals surface area contributed by atoms with Gasteiger partial charge in [0.1, 0.15) is 0 Å². The number of hydrogen-bond donors (Lipinski definition) is 2. The maximum absolute atomic E-state index is 12.2. The molecule has 21 heavy (non-hydrogen) atoms. The first-order chi connectivity index (χ1) is 9.97. The summed E-state index contributed by atoms with van der Waals surface area (Å²) < 4.78 is 0. The quantitative estimate of drug-likeness (QED) is 0.792. The molecule has 1 heterocycles. The normalized spacial score (nSPS) is 22.7. The van der Waals surface area contributed by atoms with Gasteiger partial charge in [-0.25, -0.2) is 4.79 Å². The Balaban J connectivity index is 1.79. The number of rotatable bonds is 6. The second-order valence-electron chi connectivity index (χ2n) is 6.83. The maximum atomic E-state index is 12.2. The molecule has 1 saturated heterocycles. The van der Waals surface area contributed by atoms with Gasteiger partial charge in [-0.15, -0.1) is 0 Å². The van der Waals surface area contributed by atoms with Crippen LogP contribution in [0.5, 0.6) is 0 Å². The van der Waals surface area contributed by atoms with Crippen molar-refractivity contribution in [3.05, 3.63) is 0 Å². The van der Waals surface area contributed by atoms with E-state index in [9.17, 15) is 14.7 Å². The van der Waals surface area contributed by atoms with Gasteiger partial charge in [0.2, 0.25) is 0 Å². The highest BCUT2D eigenvalue weighted by Crippen LogP contribution is 2.49. The Kier molecular flexibility index (Phi) is 4.79. The van der Waals surface area contributed by atoms with Gasteiger partial charge in [0.25, 0.3) is 0 Å². The number of piperidine rings is 1. The van der Waals surface area contributed by atoms with Crippen LogP contribution in [0.2, 0.25) is 0 Å². The molecule has 0 atom stereocenters. The molecule has 5 nitrogen and oxygen atoms in total. The molecular weight excluding hydrogens is 268 g/mol. The summed E-state index contributed by atoms with van der Waals surface area (Å²) >= 11 is 0. The van der Waals surface area contributed by atoms with Gasteiger partial charge in [0.15, 0.2) is 0 Å². The van der Waals surface area contributed by atoms with Crippen LogP contribution in [0, 0.1) is 10.8 Å². The minimum absolute atomic E-state index is 0.0209. The lowest BCUT2D eigenvalue weighted by molar-refractivity contribution is -0.151. The summed E-state index contributed by atoms with van der Waals surface area (Å²) in [5.74, 6) is -0.718.